The highest BCUT2D eigenvalue weighted by Crippen LogP contribution is 2.17. The molecule has 2 amide bonds. The molecule has 0 saturated carbocycles. The van der Waals surface area contributed by atoms with Crippen LogP contribution in [0.25, 0.3) is 0 Å². The van der Waals surface area contributed by atoms with Gasteiger partial charge in [-0.25, -0.2) is 4.79 Å². The number of amides is 2. The highest BCUT2D eigenvalue weighted by molar-refractivity contribution is 5.74. The molecule has 1 N–H and O–H groups in total. The van der Waals surface area contributed by atoms with E-state index in [1.165, 1.54) is 0 Å². The fraction of sp³-hybridized carbons (Fsp3) is 0.400. The number of methoxy groups -OCH3 is 1. The largest absolute Gasteiger partial charge is 0.497 e. The lowest BCUT2D eigenvalue weighted by molar-refractivity contribution is 0.126. The normalized spacial score (nSPS) is 14.6. The lowest BCUT2D eigenvalue weighted by Gasteiger charge is -2.34. The molecule has 1 fully saturated rings. The summed E-state index contributed by atoms with van der Waals surface area (Å²) in [7, 11) is 1.65. The Morgan fingerprint density at radius 1 is 1.07 bits per heavy atom. The number of nitrogens with zero attached hydrogens (tertiary/aromatic N) is 3. The van der Waals surface area contributed by atoms with Crippen LogP contribution in [0, 0.1) is 0 Å². The molecule has 1 saturated heterocycles. The van der Waals surface area contributed by atoms with E-state index in [4.69, 9.17) is 9.47 Å². The van der Waals surface area contributed by atoms with Crippen LogP contribution in [0.3, 0.4) is 0 Å². The minimum absolute atomic E-state index is 0.0326. The third-order valence-electron chi connectivity index (χ3n) is 4.54. The van der Waals surface area contributed by atoms with Crippen LogP contribution in [0.2, 0.25) is 0 Å². The van der Waals surface area contributed by atoms with E-state index in [0.717, 1.165) is 49.9 Å². The standard InChI is InChI=1S/C20H26N4O3/c1-26-18-5-7-19(8-6-18)27-15-14-23-10-12-24(13-11-23)20(25)22-16-17-4-2-3-9-21-17/h2-9H,10-16H2,1H3,(H,22,25). The summed E-state index contributed by atoms with van der Waals surface area (Å²) in [4.78, 5) is 20.6. The van der Waals surface area contributed by atoms with Gasteiger partial charge in [-0.05, 0) is 36.4 Å². The molecule has 0 atom stereocenters. The van der Waals surface area contributed by atoms with Crippen LogP contribution in [0.4, 0.5) is 4.79 Å². The number of urea groups is 1. The first-order valence-corrected chi connectivity index (χ1v) is 9.16. The molecule has 144 valence electrons. The number of piperazine rings is 1. The van der Waals surface area contributed by atoms with E-state index in [1.807, 2.05) is 47.4 Å². The van der Waals surface area contributed by atoms with E-state index in [9.17, 15) is 4.79 Å². The smallest absolute Gasteiger partial charge is 0.317 e. The summed E-state index contributed by atoms with van der Waals surface area (Å²) in [6.07, 6.45) is 1.73. The van der Waals surface area contributed by atoms with Crippen LogP contribution < -0.4 is 14.8 Å². The molecule has 1 aromatic heterocycles. The second-order valence-corrected chi connectivity index (χ2v) is 6.33. The molecule has 1 aromatic carbocycles. The van der Waals surface area contributed by atoms with Crippen molar-refractivity contribution < 1.29 is 14.3 Å². The topological polar surface area (TPSA) is 66.9 Å². The van der Waals surface area contributed by atoms with Gasteiger partial charge in [-0.15, -0.1) is 0 Å². The fourth-order valence-corrected chi connectivity index (χ4v) is 2.92. The van der Waals surface area contributed by atoms with E-state index in [2.05, 4.69) is 15.2 Å². The second kappa shape index (κ2) is 9.78. The molecule has 0 radical (unpaired) electrons. The first-order chi connectivity index (χ1) is 13.2. The summed E-state index contributed by atoms with van der Waals surface area (Å²) < 4.78 is 10.9. The van der Waals surface area contributed by atoms with E-state index in [1.54, 1.807) is 13.3 Å². The van der Waals surface area contributed by atoms with Gasteiger partial charge in [0.25, 0.3) is 0 Å². The predicted molar refractivity (Wildman–Crippen MR) is 103 cm³/mol. The van der Waals surface area contributed by atoms with Crippen LogP contribution in [-0.2, 0) is 6.54 Å². The number of aromatic nitrogens is 1. The van der Waals surface area contributed by atoms with Gasteiger partial charge in [0.2, 0.25) is 0 Å². The summed E-state index contributed by atoms with van der Waals surface area (Å²) in [6.45, 7) is 5.06. The Kier molecular flexibility index (Phi) is 6.87. The molecule has 1 aliphatic rings. The zero-order chi connectivity index (χ0) is 18.9. The second-order valence-electron chi connectivity index (χ2n) is 6.33. The van der Waals surface area contributed by atoms with Crippen molar-refractivity contribution in [2.24, 2.45) is 0 Å². The van der Waals surface area contributed by atoms with Crippen molar-refractivity contribution >= 4 is 6.03 Å². The third-order valence-corrected chi connectivity index (χ3v) is 4.54. The molecule has 7 heteroatoms. The molecule has 3 rings (SSSR count). The number of benzene rings is 1. The Hall–Kier alpha value is -2.80. The van der Waals surface area contributed by atoms with Gasteiger partial charge in [0.1, 0.15) is 18.1 Å². The van der Waals surface area contributed by atoms with Gasteiger partial charge in [-0.1, -0.05) is 6.07 Å². The average Bonchev–Trinajstić information content (AvgIpc) is 2.74. The molecule has 27 heavy (non-hydrogen) atoms. The molecular weight excluding hydrogens is 344 g/mol. The summed E-state index contributed by atoms with van der Waals surface area (Å²) >= 11 is 0. The molecule has 7 nitrogen and oxygen atoms in total. The van der Waals surface area contributed by atoms with E-state index < -0.39 is 0 Å². The molecule has 2 heterocycles. The lowest BCUT2D eigenvalue weighted by atomic mass is 10.3. The van der Waals surface area contributed by atoms with Crippen LogP contribution in [0.15, 0.2) is 48.7 Å². The molecule has 2 aromatic rings. The first-order valence-electron chi connectivity index (χ1n) is 9.16. The first kappa shape index (κ1) is 19.0. The number of hydrogen-bond acceptors (Lipinski definition) is 5. The maximum absolute atomic E-state index is 12.3. The van der Waals surface area contributed by atoms with Crippen LogP contribution >= 0.6 is 0 Å². The number of nitrogens with one attached hydrogen (secondary N) is 1. The minimum Gasteiger partial charge on any atom is -0.497 e. The molecule has 0 unspecified atom stereocenters. The molecular formula is C20H26N4O3. The molecule has 0 bridgehead atoms. The van der Waals surface area contributed by atoms with Crippen LogP contribution in [0.5, 0.6) is 11.5 Å². The van der Waals surface area contributed by atoms with Crippen molar-refractivity contribution in [2.45, 2.75) is 6.54 Å². The average molecular weight is 370 g/mol. The van der Waals surface area contributed by atoms with Crippen molar-refractivity contribution in [3.05, 3.63) is 54.4 Å². The van der Waals surface area contributed by atoms with Crippen LogP contribution in [0.1, 0.15) is 5.69 Å². The van der Waals surface area contributed by atoms with Crippen molar-refractivity contribution in [3.8, 4) is 11.5 Å². The Bertz CT molecular complexity index is 701. The molecule has 1 aliphatic heterocycles. The SMILES string of the molecule is COc1ccc(OCCN2CCN(C(=O)NCc3ccccn3)CC2)cc1. The Morgan fingerprint density at radius 2 is 1.81 bits per heavy atom. The van der Waals surface area contributed by atoms with Gasteiger partial charge >= 0.3 is 6.03 Å². The minimum atomic E-state index is -0.0326. The summed E-state index contributed by atoms with van der Waals surface area (Å²) in [5.41, 5.74) is 0.861. The number of hydrogen-bond donors (Lipinski definition) is 1. The van der Waals surface area contributed by atoms with Crippen molar-refractivity contribution in [1.29, 1.82) is 0 Å². The van der Waals surface area contributed by atoms with Crippen LogP contribution in [-0.4, -0.2) is 67.3 Å². The van der Waals surface area contributed by atoms with Crippen molar-refractivity contribution in [1.82, 2.24) is 20.1 Å². The maximum Gasteiger partial charge on any atom is 0.317 e. The predicted octanol–water partition coefficient (Wildman–Crippen LogP) is 2.00. The summed E-state index contributed by atoms with van der Waals surface area (Å²) in [5, 5.41) is 2.93. The zero-order valence-electron chi connectivity index (χ0n) is 15.6. The Balaban J connectivity index is 1.32. The molecule has 0 spiro atoms. The maximum atomic E-state index is 12.3. The van der Waals surface area contributed by atoms with Gasteiger partial charge in [0.15, 0.2) is 0 Å². The van der Waals surface area contributed by atoms with Gasteiger partial charge in [-0.2, -0.15) is 0 Å². The van der Waals surface area contributed by atoms with Crippen molar-refractivity contribution in [3.63, 3.8) is 0 Å². The molecule has 0 aliphatic carbocycles. The van der Waals surface area contributed by atoms with E-state index in [0.29, 0.717) is 13.2 Å². The van der Waals surface area contributed by atoms with Gasteiger partial charge < -0.3 is 19.7 Å². The summed E-state index contributed by atoms with van der Waals surface area (Å²) in [5.74, 6) is 1.66. The number of pyridine rings is 1. The summed E-state index contributed by atoms with van der Waals surface area (Å²) in [6, 6.07) is 13.2. The van der Waals surface area contributed by atoms with Gasteiger partial charge in [0.05, 0.1) is 19.3 Å². The highest BCUT2D eigenvalue weighted by atomic mass is 16.5. The third kappa shape index (κ3) is 5.86. The number of rotatable bonds is 7. The number of carbonyl (C=O) groups is 1. The highest BCUT2D eigenvalue weighted by Gasteiger charge is 2.20. The number of ether oxygens (including phenoxy) is 2. The van der Waals surface area contributed by atoms with E-state index >= 15 is 0 Å². The number of carbonyl (C=O) groups excluding carboxylic acids is 1. The lowest BCUT2D eigenvalue weighted by Crippen LogP contribution is -2.52. The Labute approximate surface area is 159 Å². The van der Waals surface area contributed by atoms with Gasteiger partial charge in [0, 0.05) is 38.9 Å². The Morgan fingerprint density at radius 3 is 2.48 bits per heavy atom. The quantitative estimate of drug-likeness (QED) is 0.807. The fourth-order valence-electron chi connectivity index (χ4n) is 2.92. The van der Waals surface area contributed by atoms with Gasteiger partial charge in [-0.3, -0.25) is 9.88 Å². The van der Waals surface area contributed by atoms with E-state index in [-0.39, 0.29) is 6.03 Å². The monoisotopic (exact) mass is 370 g/mol. The zero-order valence-corrected chi connectivity index (χ0v) is 15.6. The van der Waals surface area contributed by atoms with Crippen molar-refractivity contribution in [2.75, 3.05) is 46.4 Å².